The minimum atomic E-state index is 0.00322. The first-order valence-electron chi connectivity index (χ1n) is 7.26. The van der Waals surface area contributed by atoms with Crippen LogP contribution < -0.4 is 5.32 Å². The Balaban J connectivity index is 1.79. The van der Waals surface area contributed by atoms with Crippen LogP contribution in [0.15, 0.2) is 0 Å². The highest BCUT2D eigenvalue weighted by molar-refractivity contribution is 6.05. The van der Waals surface area contributed by atoms with Gasteiger partial charge in [0.25, 0.3) is 0 Å². The van der Waals surface area contributed by atoms with Crippen LogP contribution in [0.4, 0.5) is 0 Å². The Kier molecular flexibility index (Phi) is 3.14. The van der Waals surface area contributed by atoms with Gasteiger partial charge >= 0.3 is 0 Å². The molecule has 18 heavy (non-hydrogen) atoms. The first kappa shape index (κ1) is 12.2. The standard InChI is InChI=1S/C14H22N2O2/c1-9-6-10(8-15-7-9)16-13(17)11-4-2-3-5-12(11)14(16)18/h9-12,15H,2-8H2,1H3. The number of carbonyl (C=O) groups excluding carboxylic acids is 2. The minimum Gasteiger partial charge on any atom is -0.314 e. The molecule has 2 saturated heterocycles. The van der Waals surface area contributed by atoms with Crippen molar-refractivity contribution in [3.8, 4) is 0 Å². The van der Waals surface area contributed by atoms with Crippen molar-refractivity contribution in [1.82, 2.24) is 10.2 Å². The molecule has 4 unspecified atom stereocenters. The Morgan fingerprint density at radius 3 is 2.22 bits per heavy atom. The maximum absolute atomic E-state index is 12.4. The molecule has 1 N–H and O–H groups in total. The van der Waals surface area contributed by atoms with E-state index < -0.39 is 0 Å². The molecular weight excluding hydrogens is 228 g/mol. The van der Waals surface area contributed by atoms with E-state index >= 15 is 0 Å². The third kappa shape index (κ3) is 1.87. The van der Waals surface area contributed by atoms with Gasteiger partial charge in [0.1, 0.15) is 0 Å². The molecule has 0 bridgehead atoms. The maximum atomic E-state index is 12.4. The fourth-order valence-electron chi connectivity index (χ4n) is 3.87. The zero-order valence-electron chi connectivity index (χ0n) is 11.0. The number of hydrogen-bond acceptors (Lipinski definition) is 3. The highest BCUT2D eigenvalue weighted by Crippen LogP contribution is 2.39. The van der Waals surface area contributed by atoms with Crippen molar-refractivity contribution in [3.05, 3.63) is 0 Å². The Hall–Kier alpha value is -0.900. The van der Waals surface area contributed by atoms with E-state index in [1.165, 1.54) is 0 Å². The smallest absolute Gasteiger partial charge is 0.233 e. The Morgan fingerprint density at radius 2 is 1.67 bits per heavy atom. The second-order valence-corrected chi connectivity index (χ2v) is 6.20. The van der Waals surface area contributed by atoms with Crippen LogP contribution >= 0.6 is 0 Å². The van der Waals surface area contributed by atoms with Crippen LogP contribution in [0.5, 0.6) is 0 Å². The normalized spacial score (nSPS) is 41.1. The summed E-state index contributed by atoms with van der Waals surface area (Å²) in [6, 6.07) is 0.0966. The van der Waals surface area contributed by atoms with E-state index in [2.05, 4.69) is 12.2 Å². The first-order chi connectivity index (χ1) is 8.68. The highest BCUT2D eigenvalue weighted by Gasteiger charge is 2.50. The average Bonchev–Trinajstić information content (AvgIpc) is 2.63. The van der Waals surface area contributed by atoms with Gasteiger partial charge < -0.3 is 5.32 Å². The summed E-state index contributed by atoms with van der Waals surface area (Å²) >= 11 is 0. The van der Waals surface area contributed by atoms with Gasteiger partial charge in [-0.25, -0.2) is 0 Å². The summed E-state index contributed by atoms with van der Waals surface area (Å²) in [5, 5.41) is 3.34. The predicted molar refractivity (Wildman–Crippen MR) is 67.7 cm³/mol. The summed E-state index contributed by atoms with van der Waals surface area (Å²) < 4.78 is 0. The maximum Gasteiger partial charge on any atom is 0.233 e. The predicted octanol–water partition coefficient (Wildman–Crippen LogP) is 1.16. The lowest BCUT2D eigenvalue weighted by molar-refractivity contribution is -0.143. The monoisotopic (exact) mass is 250 g/mol. The van der Waals surface area contributed by atoms with E-state index in [1.807, 2.05) is 0 Å². The molecule has 4 atom stereocenters. The van der Waals surface area contributed by atoms with E-state index in [4.69, 9.17) is 0 Å². The molecule has 4 nitrogen and oxygen atoms in total. The van der Waals surface area contributed by atoms with E-state index in [1.54, 1.807) is 4.90 Å². The van der Waals surface area contributed by atoms with Crippen LogP contribution in [0.2, 0.25) is 0 Å². The van der Waals surface area contributed by atoms with Crippen LogP contribution in [0.3, 0.4) is 0 Å². The van der Waals surface area contributed by atoms with Crippen molar-refractivity contribution in [2.75, 3.05) is 13.1 Å². The van der Waals surface area contributed by atoms with E-state index in [-0.39, 0.29) is 29.7 Å². The van der Waals surface area contributed by atoms with Gasteiger partial charge in [0.15, 0.2) is 0 Å². The molecule has 2 heterocycles. The fourth-order valence-corrected chi connectivity index (χ4v) is 3.87. The SMILES string of the molecule is CC1CNCC(N2C(=O)C3CCCCC3C2=O)C1. The molecule has 2 amide bonds. The Morgan fingerprint density at radius 1 is 1.06 bits per heavy atom. The molecule has 4 heteroatoms. The number of likely N-dealkylation sites (tertiary alicyclic amines) is 1. The summed E-state index contributed by atoms with van der Waals surface area (Å²) in [7, 11) is 0. The Bertz CT molecular complexity index is 345. The average molecular weight is 250 g/mol. The van der Waals surface area contributed by atoms with Crippen molar-refractivity contribution in [1.29, 1.82) is 0 Å². The minimum absolute atomic E-state index is 0.00322. The molecule has 3 aliphatic rings. The number of nitrogens with zero attached hydrogens (tertiary/aromatic N) is 1. The van der Waals surface area contributed by atoms with E-state index in [9.17, 15) is 9.59 Å². The number of imide groups is 1. The van der Waals surface area contributed by atoms with Crippen molar-refractivity contribution < 1.29 is 9.59 Å². The lowest BCUT2D eigenvalue weighted by Gasteiger charge is -2.33. The third-order valence-corrected chi connectivity index (χ3v) is 4.79. The van der Waals surface area contributed by atoms with Gasteiger partial charge in [0.05, 0.1) is 17.9 Å². The summed E-state index contributed by atoms with van der Waals surface area (Å²) in [4.78, 5) is 26.5. The van der Waals surface area contributed by atoms with Gasteiger partial charge in [0, 0.05) is 6.54 Å². The molecule has 0 aromatic carbocycles. The number of piperidine rings is 1. The molecule has 100 valence electrons. The summed E-state index contributed by atoms with van der Waals surface area (Å²) in [6.45, 7) is 3.96. The zero-order valence-corrected chi connectivity index (χ0v) is 11.0. The second-order valence-electron chi connectivity index (χ2n) is 6.20. The fraction of sp³-hybridized carbons (Fsp3) is 0.857. The van der Waals surface area contributed by atoms with Crippen LogP contribution in [-0.2, 0) is 9.59 Å². The van der Waals surface area contributed by atoms with Gasteiger partial charge in [-0.05, 0) is 31.7 Å². The number of amides is 2. The summed E-state index contributed by atoms with van der Waals surface area (Å²) in [5.41, 5.74) is 0. The lowest BCUT2D eigenvalue weighted by atomic mass is 9.81. The molecule has 2 aliphatic heterocycles. The third-order valence-electron chi connectivity index (χ3n) is 4.79. The van der Waals surface area contributed by atoms with Crippen molar-refractivity contribution in [2.24, 2.45) is 17.8 Å². The number of fused-ring (bicyclic) bond motifs is 1. The zero-order chi connectivity index (χ0) is 12.7. The van der Waals surface area contributed by atoms with Crippen LogP contribution in [0, 0.1) is 17.8 Å². The molecule has 3 fully saturated rings. The van der Waals surface area contributed by atoms with E-state index in [0.29, 0.717) is 5.92 Å². The first-order valence-corrected chi connectivity index (χ1v) is 7.26. The van der Waals surface area contributed by atoms with Crippen LogP contribution in [0.25, 0.3) is 0 Å². The number of carbonyl (C=O) groups is 2. The van der Waals surface area contributed by atoms with Gasteiger partial charge in [-0.3, -0.25) is 14.5 Å². The summed E-state index contributed by atoms with van der Waals surface area (Å²) in [5.74, 6) is 0.787. The summed E-state index contributed by atoms with van der Waals surface area (Å²) in [6.07, 6.45) is 5.01. The molecule has 3 rings (SSSR count). The van der Waals surface area contributed by atoms with Crippen LogP contribution in [-0.4, -0.2) is 35.8 Å². The van der Waals surface area contributed by atoms with Crippen molar-refractivity contribution in [2.45, 2.75) is 45.1 Å². The lowest BCUT2D eigenvalue weighted by Crippen LogP contribution is -2.51. The number of hydrogen-bond donors (Lipinski definition) is 1. The Labute approximate surface area is 108 Å². The van der Waals surface area contributed by atoms with Crippen LogP contribution in [0.1, 0.15) is 39.0 Å². The van der Waals surface area contributed by atoms with Crippen molar-refractivity contribution in [3.63, 3.8) is 0 Å². The molecule has 0 radical (unpaired) electrons. The van der Waals surface area contributed by atoms with Crippen molar-refractivity contribution >= 4 is 11.8 Å². The molecule has 1 saturated carbocycles. The van der Waals surface area contributed by atoms with Gasteiger partial charge in [-0.2, -0.15) is 0 Å². The number of nitrogens with one attached hydrogen (secondary N) is 1. The number of rotatable bonds is 1. The molecule has 0 aromatic rings. The molecule has 1 aliphatic carbocycles. The molecule has 0 aromatic heterocycles. The quantitative estimate of drug-likeness (QED) is 0.710. The topological polar surface area (TPSA) is 49.4 Å². The van der Waals surface area contributed by atoms with Gasteiger partial charge in [-0.1, -0.05) is 19.8 Å². The second kappa shape index (κ2) is 4.65. The molecular formula is C14H22N2O2. The largest absolute Gasteiger partial charge is 0.314 e. The van der Waals surface area contributed by atoms with Gasteiger partial charge in [-0.15, -0.1) is 0 Å². The highest BCUT2D eigenvalue weighted by atomic mass is 16.2. The van der Waals surface area contributed by atoms with Gasteiger partial charge in [0.2, 0.25) is 11.8 Å². The van der Waals surface area contributed by atoms with E-state index in [0.717, 1.165) is 45.2 Å². The molecule has 0 spiro atoms.